The van der Waals surface area contributed by atoms with Crippen molar-refractivity contribution in [3.63, 3.8) is 0 Å². The van der Waals surface area contributed by atoms with Crippen LogP contribution in [0, 0.1) is 11.3 Å². The van der Waals surface area contributed by atoms with Crippen LogP contribution < -0.4 is 15.4 Å². The van der Waals surface area contributed by atoms with E-state index in [2.05, 4.69) is 10.6 Å². The fourth-order valence-electron chi connectivity index (χ4n) is 0.996. The van der Waals surface area contributed by atoms with Crippen molar-refractivity contribution in [1.29, 1.82) is 5.26 Å². The van der Waals surface area contributed by atoms with Gasteiger partial charge < -0.3 is 15.4 Å². The highest BCUT2D eigenvalue weighted by molar-refractivity contribution is 5.89. The Bertz CT molecular complexity index is 384. The van der Waals surface area contributed by atoms with E-state index in [0.29, 0.717) is 11.4 Å². The minimum atomic E-state index is -0.412. The van der Waals surface area contributed by atoms with Crippen molar-refractivity contribution in [1.82, 2.24) is 5.32 Å². The quantitative estimate of drug-likeness (QED) is 0.731. The van der Waals surface area contributed by atoms with Crippen LogP contribution in [0.2, 0.25) is 0 Å². The molecular weight excluding hydrogens is 194 g/mol. The molecule has 0 saturated heterocycles. The normalized spacial score (nSPS) is 8.80. The number of methoxy groups -OCH3 is 1. The number of nitrogens with zero attached hydrogens (tertiary/aromatic N) is 1. The smallest absolute Gasteiger partial charge is 0.320 e. The molecule has 0 bridgehead atoms. The van der Waals surface area contributed by atoms with Crippen LogP contribution in [0.15, 0.2) is 24.3 Å². The van der Waals surface area contributed by atoms with E-state index in [1.54, 1.807) is 31.4 Å². The van der Waals surface area contributed by atoms with Gasteiger partial charge in [0.1, 0.15) is 12.3 Å². The molecule has 5 nitrogen and oxygen atoms in total. The molecule has 0 aliphatic heterocycles. The van der Waals surface area contributed by atoms with Gasteiger partial charge in [-0.25, -0.2) is 4.79 Å². The van der Waals surface area contributed by atoms with Crippen LogP contribution in [0.1, 0.15) is 0 Å². The molecule has 0 fully saturated rings. The number of urea groups is 1. The maximum Gasteiger partial charge on any atom is 0.320 e. The monoisotopic (exact) mass is 205 g/mol. The molecule has 0 heterocycles. The molecule has 1 aromatic rings. The van der Waals surface area contributed by atoms with Crippen LogP contribution >= 0.6 is 0 Å². The van der Waals surface area contributed by atoms with Crippen molar-refractivity contribution in [3.8, 4) is 11.8 Å². The predicted octanol–water partition coefficient (Wildman–Crippen LogP) is 1.34. The molecule has 1 aromatic carbocycles. The van der Waals surface area contributed by atoms with Crippen LogP contribution in [0.5, 0.6) is 5.75 Å². The highest BCUT2D eigenvalue weighted by Crippen LogP contribution is 2.16. The molecule has 0 radical (unpaired) electrons. The second kappa shape index (κ2) is 5.50. The molecular formula is C10H11N3O2. The lowest BCUT2D eigenvalue weighted by Gasteiger charge is -2.06. The summed E-state index contributed by atoms with van der Waals surface area (Å²) in [4.78, 5) is 11.2. The first-order valence-electron chi connectivity index (χ1n) is 4.32. The largest absolute Gasteiger partial charge is 0.497 e. The third-order valence-corrected chi connectivity index (χ3v) is 1.66. The second-order valence-corrected chi connectivity index (χ2v) is 2.70. The summed E-state index contributed by atoms with van der Waals surface area (Å²) in [5.74, 6) is 0.660. The third-order valence-electron chi connectivity index (χ3n) is 1.66. The summed E-state index contributed by atoms with van der Waals surface area (Å²) >= 11 is 0. The molecule has 2 N–H and O–H groups in total. The van der Waals surface area contributed by atoms with Crippen LogP contribution in [-0.2, 0) is 0 Å². The summed E-state index contributed by atoms with van der Waals surface area (Å²) in [5.41, 5.74) is 0.616. The Kier molecular flexibility index (Phi) is 3.98. The molecule has 0 aromatic heterocycles. The lowest BCUT2D eigenvalue weighted by Crippen LogP contribution is -2.28. The van der Waals surface area contributed by atoms with Gasteiger partial charge in [0.15, 0.2) is 0 Å². The number of carbonyl (C=O) groups excluding carboxylic acids is 1. The fraction of sp³-hybridized carbons (Fsp3) is 0.200. The summed E-state index contributed by atoms with van der Waals surface area (Å²) in [5, 5.41) is 13.2. The molecule has 15 heavy (non-hydrogen) atoms. The Morgan fingerprint density at radius 3 is 3.07 bits per heavy atom. The third kappa shape index (κ3) is 3.56. The summed E-state index contributed by atoms with van der Waals surface area (Å²) in [6.45, 7) is -0.0181. The Morgan fingerprint density at radius 1 is 1.60 bits per heavy atom. The minimum Gasteiger partial charge on any atom is -0.497 e. The minimum absolute atomic E-state index is 0.0181. The second-order valence-electron chi connectivity index (χ2n) is 2.70. The SMILES string of the molecule is COc1cccc(NC(=O)NCC#N)c1. The van der Waals surface area contributed by atoms with E-state index < -0.39 is 6.03 Å². The molecule has 0 atom stereocenters. The van der Waals surface area contributed by atoms with Gasteiger partial charge in [-0.2, -0.15) is 5.26 Å². The van der Waals surface area contributed by atoms with Gasteiger partial charge in [0.05, 0.1) is 13.2 Å². The van der Waals surface area contributed by atoms with Crippen molar-refractivity contribution in [3.05, 3.63) is 24.3 Å². The molecule has 0 spiro atoms. The Hall–Kier alpha value is -2.22. The van der Waals surface area contributed by atoms with E-state index in [4.69, 9.17) is 10.00 Å². The van der Waals surface area contributed by atoms with Gasteiger partial charge in [0, 0.05) is 11.8 Å². The van der Waals surface area contributed by atoms with Crippen molar-refractivity contribution < 1.29 is 9.53 Å². The number of hydrogen-bond donors (Lipinski definition) is 2. The number of rotatable bonds is 3. The van der Waals surface area contributed by atoms with Crippen LogP contribution in [0.3, 0.4) is 0 Å². The molecule has 78 valence electrons. The van der Waals surface area contributed by atoms with Crippen LogP contribution in [-0.4, -0.2) is 19.7 Å². The molecule has 2 amide bonds. The zero-order valence-corrected chi connectivity index (χ0v) is 8.28. The lowest BCUT2D eigenvalue weighted by molar-refractivity contribution is 0.253. The number of benzene rings is 1. The van der Waals surface area contributed by atoms with E-state index >= 15 is 0 Å². The molecule has 0 unspecified atom stereocenters. The van der Waals surface area contributed by atoms with Gasteiger partial charge in [-0.1, -0.05) is 6.07 Å². The average molecular weight is 205 g/mol. The first-order chi connectivity index (χ1) is 7.26. The summed E-state index contributed by atoms with van der Waals surface area (Å²) in [6, 6.07) is 8.35. The van der Waals surface area contributed by atoms with E-state index in [0.717, 1.165) is 0 Å². The zero-order chi connectivity index (χ0) is 11.1. The number of carbonyl (C=O) groups is 1. The van der Waals surface area contributed by atoms with Crippen molar-refractivity contribution in [2.75, 3.05) is 19.0 Å². The van der Waals surface area contributed by atoms with Crippen LogP contribution in [0.25, 0.3) is 0 Å². The van der Waals surface area contributed by atoms with Crippen molar-refractivity contribution in [2.24, 2.45) is 0 Å². The number of hydrogen-bond acceptors (Lipinski definition) is 3. The standard InChI is InChI=1S/C10H11N3O2/c1-15-9-4-2-3-8(7-9)13-10(14)12-6-5-11/h2-4,7H,6H2,1H3,(H2,12,13,14). The lowest BCUT2D eigenvalue weighted by atomic mass is 10.3. The topological polar surface area (TPSA) is 74.2 Å². The maximum absolute atomic E-state index is 11.2. The van der Waals surface area contributed by atoms with Gasteiger partial charge in [-0.3, -0.25) is 0 Å². The first-order valence-corrected chi connectivity index (χ1v) is 4.32. The molecule has 5 heteroatoms. The van der Waals surface area contributed by atoms with Gasteiger partial charge in [0.2, 0.25) is 0 Å². The number of anilines is 1. The molecule has 1 rings (SSSR count). The van der Waals surface area contributed by atoms with Crippen molar-refractivity contribution in [2.45, 2.75) is 0 Å². The Labute approximate surface area is 87.7 Å². The van der Waals surface area contributed by atoms with Gasteiger partial charge in [-0.05, 0) is 12.1 Å². The van der Waals surface area contributed by atoms with Crippen LogP contribution in [0.4, 0.5) is 10.5 Å². The number of nitrogens with one attached hydrogen (secondary N) is 2. The number of ether oxygens (including phenoxy) is 1. The van der Waals surface area contributed by atoms with Gasteiger partial charge >= 0.3 is 6.03 Å². The number of nitriles is 1. The maximum atomic E-state index is 11.2. The predicted molar refractivity (Wildman–Crippen MR) is 55.6 cm³/mol. The number of amides is 2. The Morgan fingerprint density at radius 2 is 2.40 bits per heavy atom. The molecule has 0 aliphatic rings. The fourth-order valence-corrected chi connectivity index (χ4v) is 0.996. The Balaban J connectivity index is 2.57. The first kappa shape index (κ1) is 10.9. The van der Waals surface area contributed by atoms with Gasteiger partial charge in [0.25, 0.3) is 0 Å². The van der Waals surface area contributed by atoms with Gasteiger partial charge in [-0.15, -0.1) is 0 Å². The highest BCUT2D eigenvalue weighted by Gasteiger charge is 2.00. The zero-order valence-electron chi connectivity index (χ0n) is 8.28. The van der Waals surface area contributed by atoms with E-state index in [9.17, 15) is 4.79 Å². The highest BCUT2D eigenvalue weighted by atomic mass is 16.5. The summed E-state index contributed by atoms with van der Waals surface area (Å²) in [6.07, 6.45) is 0. The van der Waals surface area contributed by atoms with E-state index in [-0.39, 0.29) is 6.54 Å². The van der Waals surface area contributed by atoms with E-state index in [1.807, 2.05) is 6.07 Å². The summed E-state index contributed by atoms with van der Waals surface area (Å²) < 4.78 is 4.99. The van der Waals surface area contributed by atoms with Crippen molar-refractivity contribution >= 4 is 11.7 Å². The summed E-state index contributed by atoms with van der Waals surface area (Å²) in [7, 11) is 1.55. The molecule has 0 aliphatic carbocycles. The van der Waals surface area contributed by atoms with E-state index in [1.165, 1.54) is 0 Å². The molecule has 0 saturated carbocycles. The average Bonchev–Trinajstić information content (AvgIpc) is 2.26.